The molecule has 0 radical (unpaired) electrons. The van der Waals surface area contributed by atoms with Crippen molar-refractivity contribution in [2.75, 3.05) is 13.1 Å². The molecule has 120 valence electrons. The number of carbonyl (C=O) groups is 2. The van der Waals surface area contributed by atoms with Gasteiger partial charge in [-0.05, 0) is 51.7 Å². The summed E-state index contributed by atoms with van der Waals surface area (Å²) in [4.78, 5) is 30.7. The predicted molar refractivity (Wildman–Crippen MR) is 85.8 cm³/mol. The number of piperidine rings is 1. The molecule has 2 amide bonds. The van der Waals surface area contributed by atoms with E-state index in [-0.39, 0.29) is 23.0 Å². The highest BCUT2D eigenvalue weighted by Gasteiger charge is 2.23. The molecular formula is C17H25N3O2. The lowest BCUT2D eigenvalue weighted by Crippen LogP contribution is -2.41. The zero-order valence-electron chi connectivity index (χ0n) is 13.8. The molecule has 1 unspecified atom stereocenters. The van der Waals surface area contributed by atoms with Crippen molar-refractivity contribution in [2.45, 2.75) is 46.1 Å². The number of likely N-dealkylation sites (tertiary alicyclic amines) is 1. The van der Waals surface area contributed by atoms with E-state index in [1.165, 1.54) is 12.6 Å². The van der Waals surface area contributed by atoms with E-state index < -0.39 is 0 Å². The van der Waals surface area contributed by atoms with E-state index in [0.717, 1.165) is 19.5 Å². The van der Waals surface area contributed by atoms with E-state index in [1.807, 2.05) is 25.7 Å². The summed E-state index contributed by atoms with van der Waals surface area (Å²) < 4.78 is 0. The second-order valence-corrected chi connectivity index (χ2v) is 7.13. The van der Waals surface area contributed by atoms with Crippen LogP contribution < -0.4 is 5.32 Å². The molecule has 1 aromatic heterocycles. The monoisotopic (exact) mass is 303 g/mol. The minimum absolute atomic E-state index is 0.0150. The Balaban J connectivity index is 2.14. The molecule has 0 aromatic carbocycles. The number of pyridine rings is 1. The Bertz CT molecular complexity index is 563. The highest BCUT2D eigenvalue weighted by atomic mass is 16.2. The summed E-state index contributed by atoms with van der Waals surface area (Å²) in [5.41, 5.74) is 0.482. The number of amides is 2. The van der Waals surface area contributed by atoms with Gasteiger partial charge in [0, 0.05) is 30.4 Å². The molecular weight excluding hydrogens is 278 g/mol. The highest BCUT2D eigenvalue weighted by molar-refractivity contribution is 5.98. The second-order valence-electron chi connectivity index (χ2n) is 7.13. The van der Waals surface area contributed by atoms with E-state index in [4.69, 9.17) is 0 Å². The fraction of sp³-hybridized carbons (Fsp3) is 0.588. The van der Waals surface area contributed by atoms with Crippen LogP contribution in [0.4, 0.5) is 0 Å². The maximum absolute atomic E-state index is 12.6. The van der Waals surface area contributed by atoms with Crippen molar-refractivity contribution < 1.29 is 9.59 Å². The third-order valence-corrected chi connectivity index (χ3v) is 3.67. The Labute approximate surface area is 132 Å². The molecule has 0 saturated carbocycles. The average molecular weight is 303 g/mol. The van der Waals surface area contributed by atoms with Crippen molar-refractivity contribution in [1.29, 1.82) is 0 Å². The number of rotatable bonds is 2. The molecule has 2 heterocycles. The van der Waals surface area contributed by atoms with Gasteiger partial charge in [-0.25, -0.2) is 0 Å². The first-order chi connectivity index (χ1) is 10.3. The van der Waals surface area contributed by atoms with Crippen LogP contribution in [0.3, 0.4) is 0 Å². The topological polar surface area (TPSA) is 62.3 Å². The molecule has 1 fully saturated rings. The minimum atomic E-state index is -0.332. The summed E-state index contributed by atoms with van der Waals surface area (Å²) in [5, 5.41) is 2.86. The van der Waals surface area contributed by atoms with Crippen LogP contribution in [-0.4, -0.2) is 40.3 Å². The number of aromatic nitrogens is 1. The largest absolute Gasteiger partial charge is 0.346 e. The van der Waals surface area contributed by atoms with Gasteiger partial charge in [-0.2, -0.15) is 0 Å². The quantitative estimate of drug-likeness (QED) is 0.913. The van der Waals surface area contributed by atoms with Gasteiger partial charge in [0.05, 0.1) is 0 Å². The van der Waals surface area contributed by atoms with Gasteiger partial charge in [0.1, 0.15) is 5.69 Å². The number of nitrogens with zero attached hydrogens (tertiary/aromatic N) is 2. The Hall–Kier alpha value is -1.91. The molecule has 0 bridgehead atoms. The molecule has 1 atom stereocenters. The van der Waals surface area contributed by atoms with Gasteiger partial charge in [0.25, 0.3) is 11.8 Å². The zero-order chi connectivity index (χ0) is 16.3. The van der Waals surface area contributed by atoms with Gasteiger partial charge in [-0.3, -0.25) is 14.6 Å². The molecule has 2 rings (SSSR count). The summed E-state index contributed by atoms with van der Waals surface area (Å²) in [6.45, 7) is 9.47. The van der Waals surface area contributed by atoms with Crippen molar-refractivity contribution >= 4 is 11.8 Å². The summed E-state index contributed by atoms with van der Waals surface area (Å²) in [5.74, 6) is 0.260. The SMILES string of the molecule is CC1CCCN(C(=O)c2ccnc(C(=O)NC(C)(C)C)c2)C1. The van der Waals surface area contributed by atoms with Crippen LogP contribution in [0, 0.1) is 5.92 Å². The Morgan fingerprint density at radius 1 is 1.36 bits per heavy atom. The summed E-state index contributed by atoms with van der Waals surface area (Å²) in [6.07, 6.45) is 3.73. The molecule has 1 N–H and O–H groups in total. The Morgan fingerprint density at radius 2 is 2.09 bits per heavy atom. The number of hydrogen-bond donors (Lipinski definition) is 1. The fourth-order valence-electron chi connectivity index (χ4n) is 2.65. The van der Waals surface area contributed by atoms with Crippen LogP contribution in [0.5, 0.6) is 0 Å². The van der Waals surface area contributed by atoms with Gasteiger partial charge in [0.15, 0.2) is 0 Å². The van der Waals surface area contributed by atoms with Crippen molar-refractivity contribution in [3.63, 3.8) is 0 Å². The molecule has 1 saturated heterocycles. The smallest absolute Gasteiger partial charge is 0.270 e. The van der Waals surface area contributed by atoms with Crippen LogP contribution in [0.1, 0.15) is 61.4 Å². The fourth-order valence-corrected chi connectivity index (χ4v) is 2.65. The van der Waals surface area contributed by atoms with E-state index >= 15 is 0 Å². The summed E-state index contributed by atoms with van der Waals surface area (Å²) >= 11 is 0. The molecule has 22 heavy (non-hydrogen) atoms. The standard InChI is InChI=1S/C17H25N3O2/c1-12-6-5-9-20(11-12)16(22)13-7-8-18-14(10-13)15(21)19-17(2,3)4/h7-8,10,12H,5-6,9,11H2,1-4H3,(H,19,21). The van der Waals surface area contributed by atoms with Crippen LogP contribution in [0.25, 0.3) is 0 Å². The highest BCUT2D eigenvalue weighted by Crippen LogP contribution is 2.18. The second kappa shape index (κ2) is 6.46. The van der Waals surface area contributed by atoms with Gasteiger partial charge >= 0.3 is 0 Å². The maximum atomic E-state index is 12.6. The number of hydrogen-bond acceptors (Lipinski definition) is 3. The summed E-state index contributed by atoms with van der Waals surface area (Å²) in [6, 6.07) is 3.26. The first-order valence-corrected chi connectivity index (χ1v) is 7.84. The van der Waals surface area contributed by atoms with Gasteiger partial charge in [-0.15, -0.1) is 0 Å². The van der Waals surface area contributed by atoms with Gasteiger partial charge in [-0.1, -0.05) is 6.92 Å². The minimum Gasteiger partial charge on any atom is -0.346 e. The number of carbonyl (C=O) groups excluding carboxylic acids is 2. The molecule has 0 spiro atoms. The van der Waals surface area contributed by atoms with Crippen LogP contribution in [0.2, 0.25) is 0 Å². The molecule has 1 aromatic rings. The van der Waals surface area contributed by atoms with Crippen LogP contribution in [-0.2, 0) is 0 Å². The molecule has 5 heteroatoms. The Morgan fingerprint density at radius 3 is 2.73 bits per heavy atom. The van der Waals surface area contributed by atoms with E-state index in [2.05, 4.69) is 17.2 Å². The lowest BCUT2D eigenvalue weighted by Gasteiger charge is -2.31. The molecule has 5 nitrogen and oxygen atoms in total. The lowest BCUT2D eigenvalue weighted by atomic mass is 9.99. The third-order valence-electron chi connectivity index (χ3n) is 3.67. The lowest BCUT2D eigenvalue weighted by molar-refractivity contribution is 0.0683. The third kappa shape index (κ3) is 4.29. The maximum Gasteiger partial charge on any atom is 0.270 e. The van der Waals surface area contributed by atoms with E-state index in [1.54, 1.807) is 12.1 Å². The summed E-state index contributed by atoms with van der Waals surface area (Å²) in [7, 11) is 0. The molecule has 1 aliphatic rings. The van der Waals surface area contributed by atoms with Gasteiger partial charge < -0.3 is 10.2 Å². The predicted octanol–water partition coefficient (Wildman–Crippen LogP) is 2.48. The normalized spacial score (nSPS) is 18.9. The van der Waals surface area contributed by atoms with Gasteiger partial charge in [0.2, 0.25) is 0 Å². The Kier molecular flexibility index (Phi) is 4.84. The zero-order valence-corrected chi connectivity index (χ0v) is 13.8. The van der Waals surface area contributed by atoms with Crippen LogP contribution in [0.15, 0.2) is 18.3 Å². The first-order valence-electron chi connectivity index (χ1n) is 7.84. The van der Waals surface area contributed by atoms with E-state index in [9.17, 15) is 9.59 Å². The number of nitrogens with one attached hydrogen (secondary N) is 1. The van der Waals surface area contributed by atoms with Crippen molar-refractivity contribution in [3.8, 4) is 0 Å². The first kappa shape index (κ1) is 16.5. The van der Waals surface area contributed by atoms with Crippen molar-refractivity contribution in [3.05, 3.63) is 29.6 Å². The van der Waals surface area contributed by atoms with Crippen LogP contribution >= 0.6 is 0 Å². The molecule has 0 aliphatic carbocycles. The van der Waals surface area contributed by atoms with Crippen molar-refractivity contribution in [1.82, 2.24) is 15.2 Å². The van der Waals surface area contributed by atoms with Crippen molar-refractivity contribution in [2.24, 2.45) is 5.92 Å². The van der Waals surface area contributed by atoms with E-state index in [0.29, 0.717) is 11.5 Å². The average Bonchev–Trinajstić information content (AvgIpc) is 2.45. The molecule has 1 aliphatic heterocycles.